The lowest BCUT2D eigenvalue weighted by Gasteiger charge is -2.12. The lowest BCUT2D eigenvalue weighted by molar-refractivity contribution is 0.0979. The van der Waals surface area contributed by atoms with Gasteiger partial charge in [-0.25, -0.2) is 4.39 Å². The Bertz CT molecular complexity index is 614. The first-order valence-corrected chi connectivity index (χ1v) is 7.37. The first-order valence-electron chi connectivity index (χ1n) is 6.99. The molecular weight excluding hydrogens is 305 g/mol. The average Bonchev–Trinajstić information content (AvgIpc) is 2.52. The van der Waals surface area contributed by atoms with Crippen molar-refractivity contribution < 1.29 is 14.3 Å². The zero-order valence-electron chi connectivity index (χ0n) is 11.9. The number of hydrogen-bond donors (Lipinski definition) is 2. The first kappa shape index (κ1) is 16.6. The molecular formula is C17H17ClFNO2. The fraction of sp³-hybridized carbons (Fsp3) is 0.235. The summed E-state index contributed by atoms with van der Waals surface area (Å²) in [4.78, 5) is 11.9. The Morgan fingerprint density at radius 3 is 2.41 bits per heavy atom. The van der Waals surface area contributed by atoms with Crippen LogP contribution in [0.1, 0.15) is 28.4 Å². The van der Waals surface area contributed by atoms with E-state index in [-0.39, 0.29) is 11.6 Å². The predicted octanol–water partition coefficient (Wildman–Crippen LogP) is 3.38. The summed E-state index contributed by atoms with van der Waals surface area (Å²) in [5.41, 5.74) is 1.25. The number of ketones is 1. The summed E-state index contributed by atoms with van der Waals surface area (Å²) in [6.07, 6.45) is -0.364. The van der Waals surface area contributed by atoms with Gasteiger partial charge in [0.2, 0.25) is 0 Å². The summed E-state index contributed by atoms with van der Waals surface area (Å²) in [6.45, 7) is 0.791. The van der Waals surface area contributed by atoms with Crippen LogP contribution in [0.2, 0.25) is 5.02 Å². The molecule has 0 saturated heterocycles. The maximum atomic E-state index is 12.8. The van der Waals surface area contributed by atoms with E-state index in [2.05, 4.69) is 5.32 Å². The molecule has 0 aliphatic heterocycles. The number of halogens is 2. The van der Waals surface area contributed by atoms with Crippen LogP contribution in [-0.2, 0) is 0 Å². The van der Waals surface area contributed by atoms with E-state index in [0.29, 0.717) is 30.1 Å². The summed E-state index contributed by atoms with van der Waals surface area (Å²) >= 11 is 5.79. The molecule has 1 unspecified atom stereocenters. The van der Waals surface area contributed by atoms with Gasteiger partial charge in [-0.1, -0.05) is 23.7 Å². The first-order chi connectivity index (χ1) is 10.6. The Balaban J connectivity index is 1.73. The van der Waals surface area contributed by atoms with Gasteiger partial charge in [0.1, 0.15) is 5.82 Å². The molecule has 3 nitrogen and oxygen atoms in total. The Kier molecular flexibility index (Phi) is 6.07. The standard InChI is InChI=1S/C17H17ClFNO2/c18-14-5-1-13(2-6-14)17(22)11-20-10-9-16(21)12-3-7-15(19)8-4-12/h1-8,17,20,22H,9-11H2. The third-order valence-corrected chi connectivity index (χ3v) is 3.54. The molecule has 22 heavy (non-hydrogen) atoms. The summed E-state index contributed by atoms with van der Waals surface area (Å²) in [7, 11) is 0. The monoisotopic (exact) mass is 321 g/mol. The van der Waals surface area contributed by atoms with Crippen LogP contribution in [0.3, 0.4) is 0 Å². The van der Waals surface area contributed by atoms with Gasteiger partial charge in [-0.05, 0) is 42.0 Å². The quantitative estimate of drug-likeness (QED) is 0.607. The predicted molar refractivity (Wildman–Crippen MR) is 84.6 cm³/mol. The Morgan fingerprint density at radius 1 is 1.14 bits per heavy atom. The van der Waals surface area contributed by atoms with E-state index in [1.54, 1.807) is 24.3 Å². The second-order valence-corrected chi connectivity index (χ2v) is 5.39. The van der Waals surface area contributed by atoms with Crippen LogP contribution in [0.5, 0.6) is 0 Å². The minimum Gasteiger partial charge on any atom is -0.387 e. The highest BCUT2D eigenvalue weighted by molar-refractivity contribution is 6.30. The van der Waals surface area contributed by atoms with E-state index in [9.17, 15) is 14.3 Å². The Hall–Kier alpha value is -1.75. The van der Waals surface area contributed by atoms with E-state index in [1.807, 2.05) is 0 Å². The maximum Gasteiger partial charge on any atom is 0.164 e. The van der Waals surface area contributed by atoms with Crippen molar-refractivity contribution in [1.82, 2.24) is 5.32 Å². The number of benzene rings is 2. The van der Waals surface area contributed by atoms with Gasteiger partial charge >= 0.3 is 0 Å². The third kappa shape index (κ3) is 4.91. The molecule has 1 atom stereocenters. The van der Waals surface area contributed by atoms with E-state index in [4.69, 9.17) is 11.6 Å². The van der Waals surface area contributed by atoms with Crippen molar-refractivity contribution in [2.24, 2.45) is 0 Å². The molecule has 0 radical (unpaired) electrons. The van der Waals surface area contributed by atoms with Crippen LogP contribution in [0, 0.1) is 5.82 Å². The minimum atomic E-state index is -0.654. The molecule has 2 aromatic carbocycles. The number of aliphatic hydroxyl groups is 1. The van der Waals surface area contributed by atoms with Gasteiger partial charge in [-0.15, -0.1) is 0 Å². The van der Waals surface area contributed by atoms with Crippen molar-refractivity contribution >= 4 is 17.4 Å². The molecule has 0 fully saturated rings. The van der Waals surface area contributed by atoms with Crippen molar-refractivity contribution in [3.8, 4) is 0 Å². The van der Waals surface area contributed by atoms with Gasteiger partial charge in [0.05, 0.1) is 6.10 Å². The molecule has 0 amide bonds. The highest BCUT2D eigenvalue weighted by Gasteiger charge is 2.08. The number of Topliss-reactive ketones (excluding diaryl/α,β-unsaturated/α-hetero) is 1. The highest BCUT2D eigenvalue weighted by atomic mass is 35.5. The lowest BCUT2D eigenvalue weighted by atomic mass is 10.1. The van der Waals surface area contributed by atoms with Crippen LogP contribution in [0.15, 0.2) is 48.5 Å². The molecule has 2 N–H and O–H groups in total. The number of nitrogens with one attached hydrogen (secondary N) is 1. The molecule has 0 heterocycles. The normalized spacial score (nSPS) is 12.1. The van der Waals surface area contributed by atoms with Crippen molar-refractivity contribution in [2.75, 3.05) is 13.1 Å². The molecule has 2 rings (SSSR count). The smallest absolute Gasteiger partial charge is 0.164 e. The number of rotatable bonds is 7. The van der Waals surface area contributed by atoms with E-state index in [1.165, 1.54) is 24.3 Å². The number of hydrogen-bond acceptors (Lipinski definition) is 3. The Morgan fingerprint density at radius 2 is 1.77 bits per heavy atom. The van der Waals surface area contributed by atoms with E-state index >= 15 is 0 Å². The maximum absolute atomic E-state index is 12.8. The molecule has 0 aliphatic carbocycles. The average molecular weight is 322 g/mol. The van der Waals surface area contributed by atoms with Gasteiger partial charge in [-0.3, -0.25) is 4.79 Å². The van der Waals surface area contributed by atoms with Gasteiger partial charge in [0, 0.05) is 30.1 Å². The number of carbonyl (C=O) groups excluding carboxylic acids is 1. The van der Waals surface area contributed by atoms with Crippen molar-refractivity contribution in [2.45, 2.75) is 12.5 Å². The molecule has 5 heteroatoms. The lowest BCUT2D eigenvalue weighted by Crippen LogP contribution is -2.24. The molecule has 0 aliphatic rings. The summed E-state index contributed by atoms with van der Waals surface area (Å²) in [6, 6.07) is 12.4. The third-order valence-electron chi connectivity index (χ3n) is 3.29. The van der Waals surface area contributed by atoms with Crippen molar-refractivity contribution in [1.29, 1.82) is 0 Å². The van der Waals surface area contributed by atoms with Crippen molar-refractivity contribution in [3.05, 3.63) is 70.5 Å². The number of carbonyl (C=O) groups is 1. The van der Waals surface area contributed by atoms with E-state index < -0.39 is 6.10 Å². The van der Waals surface area contributed by atoms with Crippen molar-refractivity contribution in [3.63, 3.8) is 0 Å². The summed E-state index contributed by atoms with van der Waals surface area (Å²) in [5, 5.41) is 13.6. The molecule has 0 bridgehead atoms. The fourth-order valence-corrected chi connectivity index (χ4v) is 2.15. The molecule has 116 valence electrons. The zero-order chi connectivity index (χ0) is 15.9. The minimum absolute atomic E-state index is 0.0616. The molecule has 0 saturated carbocycles. The Labute approximate surface area is 133 Å². The summed E-state index contributed by atoms with van der Waals surface area (Å²) in [5.74, 6) is -0.422. The molecule has 0 aromatic heterocycles. The second kappa shape index (κ2) is 8.03. The highest BCUT2D eigenvalue weighted by Crippen LogP contribution is 2.15. The molecule has 2 aromatic rings. The second-order valence-electron chi connectivity index (χ2n) is 4.95. The zero-order valence-corrected chi connectivity index (χ0v) is 12.7. The number of aliphatic hydroxyl groups excluding tert-OH is 1. The van der Waals surface area contributed by atoms with E-state index in [0.717, 1.165) is 5.56 Å². The van der Waals surface area contributed by atoms with Gasteiger partial charge in [0.25, 0.3) is 0 Å². The van der Waals surface area contributed by atoms with Gasteiger partial charge in [-0.2, -0.15) is 0 Å². The SMILES string of the molecule is O=C(CCNCC(O)c1ccc(Cl)cc1)c1ccc(F)cc1. The fourth-order valence-electron chi connectivity index (χ4n) is 2.02. The van der Waals surface area contributed by atoms with Crippen LogP contribution >= 0.6 is 11.6 Å². The topological polar surface area (TPSA) is 49.3 Å². The van der Waals surface area contributed by atoms with Gasteiger partial charge < -0.3 is 10.4 Å². The van der Waals surface area contributed by atoms with Crippen LogP contribution < -0.4 is 5.32 Å². The van der Waals surface area contributed by atoms with Crippen LogP contribution in [0.4, 0.5) is 4.39 Å². The van der Waals surface area contributed by atoms with Crippen LogP contribution in [0.25, 0.3) is 0 Å². The summed E-state index contributed by atoms with van der Waals surface area (Å²) < 4.78 is 12.8. The molecule has 0 spiro atoms. The van der Waals surface area contributed by atoms with Gasteiger partial charge in [0.15, 0.2) is 5.78 Å². The van der Waals surface area contributed by atoms with Crippen LogP contribution in [-0.4, -0.2) is 24.0 Å². The largest absolute Gasteiger partial charge is 0.387 e.